The molecule has 5 heteroatoms. The molecule has 0 N–H and O–H groups in total. The number of ether oxygens (including phenoxy) is 1. The van der Waals surface area contributed by atoms with Crippen molar-refractivity contribution in [2.45, 2.75) is 32.3 Å². The number of pyridine rings is 1. The maximum absolute atomic E-state index is 12.1. The second-order valence-corrected chi connectivity index (χ2v) is 4.85. The van der Waals surface area contributed by atoms with Crippen molar-refractivity contribution >= 4 is 17.5 Å². The number of amides is 1. The summed E-state index contributed by atoms with van der Waals surface area (Å²) >= 11 is 5.69. The molecule has 18 heavy (non-hydrogen) atoms. The maximum atomic E-state index is 12.1. The summed E-state index contributed by atoms with van der Waals surface area (Å²) in [5.74, 6) is 0.613. The van der Waals surface area contributed by atoms with Gasteiger partial charge in [0.15, 0.2) is 6.10 Å². The largest absolute Gasteiger partial charge is 0.479 e. The Bertz CT molecular complexity index is 402. The minimum atomic E-state index is -0.480. The fourth-order valence-electron chi connectivity index (χ4n) is 2.06. The van der Waals surface area contributed by atoms with E-state index < -0.39 is 6.10 Å². The van der Waals surface area contributed by atoms with Crippen molar-refractivity contribution < 1.29 is 9.53 Å². The van der Waals surface area contributed by atoms with Gasteiger partial charge in [0.2, 0.25) is 0 Å². The van der Waals surface area contributed by atoms with Gasteiger partial charge < -0.3 is 9.64 Å². The lowest BCUT2D eigenvalue weighted by Gasteiger charge is -2.29. The molecule has 0 saturated carbocycles. The van der Waals surface area contributed by atoms with Crippen LogP contribution in [0.25, 0.3) is 0 Å². The summed E-state index contributed by atoms with van der Waals surface area (Å²) in [6, 6.07) is 3.37. The van der Waals surface area contributed by atoms with Crippen LogP contribution in [-0.2, 0) is 4.79 Å². The molecule has 1 unspecified atom stereocenters. The number of rotatable bonds is 3. The predicted molar refractivity (Wildman–Crippen MR) is 69.8 cm³/mol. The van der Waals surface area contributed by atoms with Gasteiger partial charge in [-0.1, -0.05) is 11.6 Å². The third kappa shape index (κ3) is 3.35. The van der Waals surface area contributed by atoms with Gasteiger partial charge in [-0.05, 0) is 38.3 Å². The van der Waals surface area contributed by atoms with Gasteiger partial charge in [-0.3, -0.25) is 4.79 Å². The van der Waals surface area contributed by atoms with E-state index in [0.717, 1.165) is 25.9 Å². The van der Waals surface area contributed by atoms with Crippen LogP contribution in [0, 0.1) is 0 Å². The molecular weight excluding hydrogens is 252 g/mol. The van der Waals surface area contributed by atoms with E-state index in [0.29, 0.717) is 10.9 Å². The third-order valence-electron chi connectivity index (χ3n) is 3.03. The van der Waals surface area contributed by atoms with Crippen molar-refractivity contribution in [1.82, 2.24) is 9.88 Å². The monoisotopic (exact) mass is 268 g/mol. The Morgan fingerprint density at radius 2 is 2.11 bits per heavy atom. The molecule has 1 fully saturated rings. The Hall–Kier alpha value is -1.29. The number of likely N-dealkylation sites (tertiary alicyclic amines) is 1. The lowest BCUT2D eigenvalue weighted by Crippen LogP contribution is -2.43. The van der Waals surface area contributed by atoms with Crippen molar-refractivity contribution in [3.8, 4) is 5.75 Å². The molecule has 1 aliphatic heterocycles. The zero-order valence-corrected chi connectivity index (χ0v) is 11.2. The molecule has 98 valence electrons. The van der Waals surface area contributed by atoms with Crippen LogP contribution >= 0.6 is 11.6 Å². The second-order valence-electron chi connectivity index (χ2n) is 4.46. The fourth-order valence-corrected chi connectivity index (χ4v) is 2.17. The lowest BCUT2D eigenvalue weighted by molar-refractivity contribution is -0.138. The molecule has 0 bridgehead atoms. The van der Waals surface area contributed by atoms with Gasteiger partial charge in [-0.25, -0.2) is 4.98 Å². The van der Waals surface area contributed by atoms with E-state index in [9.17, 15) is 4.79 Å². The molecule has 2 rings (SSSR count). The van der Waals surface area contributed by atoms with Crippen LogP contribution in [0.4, 0.5) is 0 Å². The highest BCUT2D eigenvalue weighted by molar-refractivity contribution is 6.29. The minimum absolute atomic E-state index is 0.0460. The molecule has 0 aliphatic carbocycles. The Morgan fingerprint density at radius 1 is 1.39 bits per heavy atom. The molecule has 4 nitrogen and oxygen atoms in total. The molecule has 1 aliphatic rings. The van der Waals surface area contributed by atoms with E-state index in [1.807, 2.05) is 4.90 Å². The Labute approximate surface area is 112 Å². The van der Waals surface area contributed by atoms with Gasteiger partial charge in [-0.2, -0.15) is 0 Å². The number of piperidine rings is 1. The van der Waals surface area contributed by atoms with Crippen LogP contribution in [0.3, 0.4) is 0 Å². The topological polar surface area (TPSA) is 42.4 Å². The summed E-state index contributed by atoms with van der Waals surface area (Å²) in [6.45, 7) is 3.45. The zero-order valence-electron chi connectivity index (χ0n) is 10.4. The number of hydrogen-bond donors (Lipinski definition) is 0. The standard InChI is InChI=1S/C13H17ClN2O2/c1-10(13(17)16-7-3-2-4-8-16)18-11-5-6-12(14)15-9-11/h5-6,9-10H,2-4,7-8H2,1H3. The molecule has 2 heterocycles. The molecule has 1 aromatic heterocycles. The van der Waals surface area contributed by atoms with Crippen molar-refractivity contribution in [2.24, 2.45) is 0 Å². The molecule has 0 radical (unpaired) electrons. The second kappa shape index (κ2) is 6.05. The molecule has 1 amide bonds. The molecule has 1 aromatic rings. The highest BCUT2D eigenvalue weighted by Gasteiger charge is 2.23. The number of carbonyl (C=O) groups is 1. The van der Waals surface area contributed by atoms with Crippen LogP contribution in [0.2, 0.25) is 5.15 Å². The van der Waals surface area contributed by atoms with Gasteiger partial charge in [0.25, 0.3) is 5.91 Å². The summed E-state index contributed by atoms with van der Waals surface area (Å²) in [5.41, 5.74) is 0. The average molecular weight is 269 g/mol. The van der Waals surface area contributed by atoms with Crippen LogP contribution in [-0.4, -0.2) is 35.0 Å². The first-order valence-electron chi connectivity index (χ1n) is 6.24. The van der Waals surface area contributed by atoms with Gasteiger partial charge in [-0.15, -0.1) is 0 Å². The van der Waals surface area contributed by atoms with E-state index in [2.05, 4.69) is 4.98 Å². The molecule has 0 aromatic carbocycles. The van der Waals surface area contributed by atoms with Crippen molar-refractivity contribution in [3.63, 3.8) is 0 Å². The van der Waals surface area contributed by atoms with Crippen molar-refractivity contribution in [3.05, 3.63) is 23.5 Å². The SMILES string of the molecule is CC(Oc1ccc(Cl)nc1)C(=O)N1CCCCC1. The number of nitrogens with zero attached hydrogens (tertiary/aromatic N) is 2. The predicted octanol–water partition coefficient (Wildman–Crippen LogP) is 2.51. The van der Waals surface area contributed by atoms with Crippen LogP contribution in [0.1, 0.15) is 26.2 Å². The van der Waals surface area contributed by atoms with Gasteiger partial charge >= 0.3 is 0 Å². The average Bonchev–Trinajstić information content (AvgIpc) is 2.41. The van der Waals surface area contributed by atoms with E-state index in [1.54, 1.807) is 19.1 Å². The van der Waals surface area contributed by atoms with Gasteiger partial charge in [0.1, 0.15) is 10.9 Å². The highest BCUT2D eigenvalue weighted by Crippen LogP contribution is 2.16. The number of aromatic nitrogens is 1. The van der Waals surface area contributed by atoms with Crippen molar-refractivity contribution in [2.75, 3.05) is 13.1 Å². The Morgan fingerprint density at radius 3 is 2.72 bits per heavy atom. The smallest absolute Gasteiger partial charge is 0.263 e. The van der Waals surface area contributed by atoms with E-state index in [-0.39, 0.29) is 5.91 Å². The normalized spacial score (nSPS) is 17.3. The molecule has 0 spiro atoms. The van der Waals surface area contributed by atoms with Gasteiger partial charge in [0.05, 0.1) is 6.20 Å². The lowest BCUT2D eigenvalue weighted by atomic mass is 10.1. The summed E-state index contributed by atoms with van der Waals surface area (Å²) in [7, 11) is 0. The van der Waals surface area contributed by atoms with E-state index in [1.165, 1.54) is 12.6 Å². The molecule has 1 atom stereocenters. The van der Waals surface area contributed by atoms with E-state index >= 15 is 0 Å². The number of carbonyl (C=O) groups excluding carboxylic acids is 1. The van der Waals surface area contributed by atoms with E-state index in [4.69, 9.17) is 16.3 Å². The summed E-state index contributed by atoms with van der Waals surface area (Å²) in [5, 5.41) is 0.414. The molecule has 1 saturated heterocycles. The summed E-state index contributed by atoms with van der Waals surface area (Å²) in [4.78, 5) is 17.9. The molecular formula is C13H17ClN2O2. The number of halogens is 1. The van der Waals surface area contributed by atoms with Crippen LogP contribution in [0.5, 0.6) is 5.75 Å². The first-order chi connectivity index (χ1) is 8.66. The third-order valence-corrected chi connectivity index (χ3v) is 3.25. The first-order valence-corrected chi connectivity index (χ1v) is 6.61. The fraction of sp³-hybridized carbons (Fsp3) is 0.538. The maximum Gasteiger partial charge on any atom is 0.263 e. The minimum Gasteiger partial charge on any atom is -0.479 e. The van der Waals surface area contributed by atoms with Crippen LogP contribution in [0.15, 0.2) is 18.3 Å². The highest BCUT2D eigenvalue weighted by atomic mass is 35.5. The van der Waals surface area contributed by atoms with Crippen molar-refractivity contribution in [1.29, 1.82) is 0 Å². The quantitative estimate of drug-likeness (QED) is 0.791. The Balaban J connectivity index is 1.92. The summed E-state index contributed by atoms with van der Waals surface area (Å²) in [6.07, 6.45) is 4.43. The van der Waals surface area contributed by atoms with Gasteiger partial charge in [0, 0.05) is 13.1 Å². The Kier molecular flexibility index (Phi) is 4.42. The van der Waals surface area contributed by atoms with Crippen LogP contribution < -0.4 is 4.74 Å². The summed E-state index contributed by atoms with van der Waals surface area (Å²) < 4.78 is 5.57. The zero-order chi connectivity index (χ0) is 13.0. The number of hydrogen-bond acceptors (Lipinski definition) is 3. The first kappa shape index (κ1) is 13.1.